The molecular formula is C13H18N2OS. The third kappa shape index (κ3) is 4.95. The molecule has 0 spiro atoms. The highest BCUT2D eigenvalue weighted by atomic mass is 32.1. The maximum absolute atomic E-state index is 11.7. The Bertz CT molecular complexity index is 400. The number of hydrogen-bond donors (Lipinski definition) is 2. The van der Waals surface area contributed by atoms with Gasteiger partial charge in [0.25, 0.3) is 0 Å². The van der Waals surface area contributed by atoms with E-state index >= 15 is 0 Å². The summed E-state index contributed by atoms with van der Waals surface area (Å²) < 4.78 is 0. The van der Waals surface area contributed by atoms with Crippen molar-refractivity contribution in [3.05, 3.63) is 35.4 Å². The highest BCUT2D eigenvalue weighted by Gasteiger charge is 2.13. The Kier molecular flexibility index (Phi) is 5.10. The molecule has 1 aromatic carbocycles. The molecular weight excluding hydrogens is 232 g/mol. The molecule has 0 heterocycles. The van der Waals surface area contributed by atoms with Crippen LogP contribution >= 0.6 is 12.2 Å². The molecule has 1 rings (SSSR count). The average molecular weight is 250 g/mol. The van der Waals surface area contributed by atoms with Crippen molar-refractivity contribution in [1.29, 1.82) is 0 Å². The first-order valence-electron chi connectivity index (χ1n) is 5.60. The fraction of sp³-hybridized carbons (Fsp3) is 0.385. The topological polar surface area (TPSA) is 55.1 Å². The van der Waals surface area contributed by atoms with E-state index in [2.05, 4.69) is 5.32 Å². The van der Waals surface area contributed by atoms with E-state index in [1.165, 1.54) is 5.56 Å². The number of nitrogens with one attached hydrogen (secondary N) is 1. The van der Waals surface area contributed by atoms with Crippen molar-refractivity contribution in [3.8, 4) is 0 Å². The van der Waals surface area contributed by atoms with E-state index in [-0.39, 0.29) is 11.8 Å². The van der Waals surface area contributed by atoms with Gasteiger partial charge in [0.05, 0.1) is 4.99 Å². The van der Waals surface area contributed by atoms with E-state index in [0.29, 0.717) is 18.0 Å². The molecule has 1 atom stereocenters. The number of carbonyl (C=O) groups excluding carboxylic acids is 1. The van der Waals surface area contributed by atoms with Crippen LogP contribution in [0.3, 0.4) is 0 Å². The van der Waals surface area contributed by atoms with E-state index < -0.39 is 0 Å². The summed E-state index contributed by atoms with van der Waals surface area (Å²) >= 11 is 4.78. The molecule has 3 nitrogen and oxygen atoms in total. The quantitative estimate of drug-likeness (QED) is 0.785. The van der Waals surface area contributed by atoms with E-state index in [1.807, 2.05) is 38.1 Å². The largest absolute Gasteiger partial charge is 0.393 e. The van der Waals surface area contributed by atoms with Gasteiger partial charge in [-0.25, -0.2) is 0 Å². The zero-order valence-electron chi connectivity index (χ0n) is 10.2. The Morgan fingerprint density at radius 1 is 1.41 bits per heavy atom. The minimum Gasteiger partial charge on any atom is -0.393 e. The van der Waals surface area contributed by atoms with E-state index in [1.54, 1.807) is 0 Å². The number of thiocarbonyl (C=S) groups is 1. The molecule has 1 aromatic rings. The lowest BCUT2D eigenvalue weighted by Crippen LogP contribution is -2.31. The van der Waals surface area contributed by atoms with Crippen molar-refractivity contribution in [2.45, 2.75) is 26.8 Å². The first kappa shape index (κ1) is 13.6. The van der Waals surface area contributed by atoms with E-state index in [0.717, 1.165) is 5.56 Å². The maximum Gasteiger partial charge on any atom is 0.223 e. The van der Waals surface area contributed by atoms with Gasteiger partial charge < -0.3 is 11.1 Å². The van der Waals surface area contributed by atoms with Crippen LogP contribution in [0.1, 0.15) is 24.5 Å². The summed E-state index contributed by atoms with van der Waals surface area (Å²) in [6, 6.07) is 8.07. The lowest BCUT2D eigenvalue weighted by molar-refractivity contribution is -0.124. The summed E-state index contributed by atoms with van der Waals surface area (Å²) in [6.07, 6.45) is 0.453. The van der Waals surface area contributed by atoms with Gasteiger partial charge in [-0.15, -0.1) is 0 Å². The molecule has 0 fully saturated rings. The van der Waals surface area contributed by atoms with Gasteiger partial charge in [-0.1, -0.05) is 49.0 Å². The van der Waals surface area contributed by atoms with Gasteiger partial charge in [0, 0.05) is 18.9 Å². The Morgan fingerprint density at radius 3 is 2.53 bits per heavy atom. The van der Waals surface area contributed by atoms with Crippen molar-refractivity contribution < 1.29 is 4.79 Å². The number of benzene rings is 1. The summed E-state index contributed by atoms with van der Waals surface area (Å²) in [5.41, 5.74) is 7.71. The fourth-order valence-corrected chi connectivity index (χ4v) is 1.71. The molecule has 0 aliphatic heterocycles. The predicted octanol–water partition coefficient (Wildman–Crippen LogP) is 1.92. The maximum atomic E-state index is 11.7. The number of carbonyl (C=O) groups is 1. The standard InChI is InChI=1S/C13H18N2OS/c1-9-3-5-11(6-4-9)8-15-13(16)10(2)7-12(14)17/h3-6,10H,7-8H2,1-2H3,(H2,14,17)(H,15,16). The Morgan fingerprint density at radius 2 is 2.00 bits per heavy atom. The van der Waals surface area contributed by atoms with Crippen molar-refractivity contribution in [3.63, 3.8) is 0 Å². The molecule has 17 heavy (non-hydrogen) atoms. The summed E-state index contributed by atoms with van der Waals surface area (Å²) in [5.74, 6) is -0.184. The zero-order valence-corrected chi connectivity index (χ0v) is 11.0. The van der Waals surface area contributed by atoms with Gasteiger partial charge in [-0.2, -0.15) is 0 Å². The second-order valence-corrected chi connectivity index (χ2v) is 4.80. The van der Waals surface area contributed by atoms with Gasteiger partial charge in [0.2, 0.25) is 5.91 Å². The molecule has 4 heteroatoms. The van der Waals surface area contributed by atoms with Crippen LogP contribution in [0.2, 0.25) is 0 Å². The van der Waals surface area contributed by atoms with Crippen LogP contribution in [0.5, 0.6) is 0 Å². The van der Waals surface area contributed by atoms with Gasteiger partial charge in [0.1, 0.15) is 0 Å². The first-order valence-corrected chi connectivity index (χ1v) is 6.01. The number of aryl methyl sites for hydroxylation is 1. The third-order valence-electron chi connectivity index (χ3n) is 2.54. The van der Waals surface area contributed by atoms with Crippen LogP contribution in [-0.2, 0) is 11.3 Å². The third-order valence-corrected chi connectivity index (χ3v) is 2.71. The van der Waals surface area contributed by atoms with Crippen LogP contribution in [-0.4, -0.2) is 10.9 Å². The van der Waals surface area contributed by atoms with Crippen molar-refractivity contribution in [1.82, 2.24) is 5.32 Å². The number of amides is 1. The molecule has 0 saturated heterocycles. The average Bonchev–Trinajstić information content (AvgIpc) is 2.27. The zero-order chi connectivity index (χ0) is 12.8. The number of hydrogen-bond acceptors (Lipinski definition) is 2. The van der Waals surface area contributed by atoms with E-state index in [9.17, 15) is 4.79 Å². The van der Waals surface area contributed by atoms with Gasteiger partial charge in [-0.3, -0.25) is 4.79 Å². The summed E-state index contributed by atoms with van der Waals surface area (Å²) in [7, 11) is 0. The summed E-state index contributed by atoms with van der Waals surface area (Å²) in [4.78, 5) is 12.1. The van der Waals surface area contributed by atoms with Gasteiger partial charge in [-0.05, 0) is 12.5 Å². The smallest absolute Gasteiger partial charge is 0.223 e. The van der Waals surface area contributed by atoms with Gasteiger partial charge in [0.15, 0.2) is 0 Å². The Hall–Kier alpha value is -1.42. The van der Waals surface area contributed by atoms with Gasteiger partial charge >= 0.3 is 0 Å². The first-order chi connectivity index (χ1) is 7.99. The highest BCUT2D eigenvalue weighted by molar-refractivity contribution is 7.80. The molecule has 0 saturated carbocycles. The molecule has 0 radical (unpaired) electrons. The number of nitrogens with two attached hydrogens (primary N) is 1. The lowest BCUT2D eigenvalue weighted by atomic mass is 10.1. The SMILES string of the molecule is Cc1ccc(CNC(=O)C(C)CC(N)=S)cc1. The molecule has 3 N–H and O–H groups in total. The molecule has 0 bridgehead atoms. The normalized spacial score (nSPS) is 11.9. The highest BCUT2D eigenvalue weighted by Crippen LogP contribution is 2.05. The Labute approximate surface area is 107 Å². The van der Waals surface area contributed by atoms with Crippen molar-refractivity contribution in [2.75, 3.05) is 0 Å². The minimum absolute atomic E-state index is 0.0154. The molecule has 1 amide bonds. The minimum atomic E-state index is -0.169. The van der Waals surface area contributed by atoms with Crippen LogP contribution < -0.4 is 11.1 Å². The molecule has 0 aliphatic carbocycles. The summed E-state index contributed by atoms with van der Waals surface area (Å²) in [5, 5.41) is 2.87. The second-order valence-electron chi connectivity index (χ2n) is 4.27. The lowest BCUT2D eigenvalue weighted by Gasteiger charge is -2.11. The monoisotopic (exact) mass is 250 g/mol. The molecule has 0 aliphatic rings. The van der Waals surface area contributed by atoms with E-state index in [4.69, 9.17) is 18.0 Å². The molecule has 92 valence electrons. The van der Waals surface area contributed by atoms with Crippen LogP contribution in [0.15, 0.2) is 24.3 Å². The molecule has 1 unspecified atom stereocenters. The Balaban J connectivity index is 2.42. The predicted molar refractivity (Wildman–Crippen MR) is 73.6 cm³/mol. The van der Waals surface area contributed by atoms with Crippen LogP contribution in [0.25, 0.3) is 0 Å². The second kappa shape index (κ2) is 6.35. The van der Waals surface area contributed by atoms with Crippen LogP contribution in [0, 0.1) is 12.8 Å². The molecule has 0 aromatic heterocycles. The summed E-state index contributed by atoms with van der Waals surface area (Å²) in [6.45, 7) is 4.40. The van der Waals surface area contributed by atoms with Crippen molar-refractivity contribution in [2.24, 2.45) is 11.7 Å². The van der Waals surface area contributed by atoms with Crippen molar-refractivity contribution >= 4 is 23.1 Å². The van der Waals surface area contributed by atoms with Crippen LogP contribution in [0.4, 0.5) is 0 Å². The number of rotatable bonds is 5. The fourth-order valence-electron chi connectivity index (χ4n) is 1.46.